The van der Waals surface area contributed by atoms with Gasteiger partial charge in [-0.2, -0.15) is 0 Å². The molecule has 0 amide bonds. The van der Waals surface area contributed by atoms with Crippen LogP contribution in [0.3, 0.4) is 0 Å². The molecule has 3 aliphatic heterocycles. The molecule has 3 fully saturated rings. The molecule has 3 heteroatoms. The Balaban J connectivity index is 1.49. The number of rotatable bonds is 5. The van der Waals surface area contributed by atoms with Gasteiger partial charge < -0.3 is 10.2 Å². The average molecular weight is 293 g/mol. The molecule has 2 bridgehead atoms. The van der Waals surface area contributed by atoms with E-state index in [9.17, 15) is 0 Å². The summed E-state index contributed by atoms with van der Waals surface area (Å²) in [6, 6.07) is 9.06. The minimum Gasteiger partial charge on any atom is -0.338 e. The van der Waals surface area contributed by atoms with E-state index in [-0.39, 0.29) is 0 Å². The van der Waals surface area contributed by atoms with Crippen LogP contribution in [0.15, 0.2) is 36.9 Å². The first-order chi connectivity index (χ1) is 9.76. The summed E-state index contributed by atoms with van der Waals surface area (Å²) in [6.07, 6.45) is 4.98. The van der Waals surface area contributed by atoms with Crippen molar-refractivity contribution in [1.29, 1.82) is 0 Å². The molecule has 3 heterocycles. The molecule has 0 aromatic heterocycles. The molecule has 3 saturated heterocycles. The summed E-state index contributed by atoms with van der Waals surface area (Å²) in [5.41, 5.74) is 1.33. The Hall–Kier alpha value is -0.830. The summed E-state index contributed by atoms with van der Waals surface area (Å²) < 4.78 is 0. The first kappa shape index (κ1) is 14.1. The van der Waals surface area contributed by atoms with Gasteiger partial charge in [0.15, 0.2) is 0 Å². The molecule has 1 aromatic rings. The molecule has 1 unspecified atom stereocenters. The minimum atomic E-state index is 0.767. The summed E-state index contributed by atoms with van der Waals surface area (Å²) >= 11 is 6.03. The first-order valence-corrected chi connectivity index (χ1v) is 8.17. The molecule has 4 rings (SSSR count). The molecule has 20 heavy (non-hydrogen) atoms. The van der Waals surface area contributed by atoms with Gasteiger partial charge in [0.1, 0.15) is 19.1 Å². The summed E-state index contributed by atoms with van der Waals surface area (Å²) in [4.78, 5) is 1.81. The number of benzene rings is 1. The average Bonchev–Trinajstić information content (AvgIpc) is 2.48. The van der Waals surface area contributed by atoms with Gasteiger partial charge in [0, 0.05) is 29.3 Å². The van der Waals surface area contributed by atoms with Gasteiger partial charge in [-0.15, -0.1) is 6.58 Å². The van der Waals surface area contributed by atoms with Crippen molar-refractivity contribution in [3.8, 4) is 0 Å². The molecule has 3 N–H and O–H groups in total. The van der Waals surface area contributed by atoms with Crippen molar-refractivity contribution in [3.63, 3.8) is 0 Å². The van der Waals surface area contributed by atoms with Crippen LogP contribution in [0.2, 0.25) is 5.02 Å². The van der Waals surface area contributed by atoms with Gasteiger partial charge >= 0.3 is 0 Å². The van der Waals surface area contributed by atoms with Gasteiger partial charge in [-0.25, -0.2) is 0 Å². The Bertz CT molecular complexity index is 474. The molecule has 108 valence electrons. The predicted molar refractivity (Wildman–Crippen MR) is 82.8 cm³/mol. The van der Waals surface area contributed by atoms with E-state index >= 15 is 0 Å². The van der Waals surface area contributed by atoms with Crippen LogP contribution in [0.25, 0.3) is 0 Å². The van der Waals surface area contributed by atoms with Gasteiger partial charge in [0.2, 0.25) is 0 Å². The molecular formula is C17H25ClN2+2. The zero-order chi connectivity index (χ0) is 13.9. The van der Waals surface area contributed by atoms with E-state index in [0.29, 0.717) is 0 Å². The molecule has 0 radical (unpaired) electrons. The second-order valence-corrected chi connectivity index (χ2v) is 6.79. The van der Waals surface area contributed by atoms with Crippen LogP contribution < -0.4 is 10.2 Å². The number of nitrogens with two attached hydrogens (primary N) is 1. The molecule has 0 saturated carbocycles. The molecule has 4 atom stereocenters. The summed E-state index contributed by atoms with van der Waals surface area (Å²) in [7, 11) is 0. The highest BCUT2D eigenvalue weighted by molar-refractivity contribution is 6.30. The summed E-state index contributed by atoms with van der Waals surface area (Å²) in [5.74, 6) is 1.66. The number of hydrogen-bond donors (Lipinski definition) is 2. The molecule has 0 spiro atoms. The fourth-order valence-corrected chi connectivity index (χ4v) is 4.22. The van der Waals surface area contributed by atoms with Crippen molar-refractivity contribution in [1.82, 2.24) is 0 Å². The van der Waals surface area contributed by atoms with E-state index in [1.807, 2.05) is 12.1 Å². The quantitative estimate of drug-likeness (QED) is 0.752. The highest BCUT2D eigenvalue weighted by atomic mass is 35.5. The summed E-state index contributed by atoms with van der Waals surface area (Å²) in [6.45, 7) is 8.96. The standard InChI is InChI=1S/C17H23ClN2/c1-2-14-12-20-7-6-15(14)9-17(20)11-19-10-13-4-3-5-16(18)8-13/h2-5,8,14-15,17,19H,1,6-7,9-12H2/p+2/t14-,15-,17+/m0/s1. The Morgan fingerprint density at radius 2 is 2.35 bits per heavy atom. The second-order valence-electron chi connectivity index (χ2n) is 6.35. The van der Waals surface area contributed by atoms with Crippen LogP contribution in [0.1, 0.15) is 18.4 Å². The van der Waals surface area contributed by atoms with Crippen LogP contribution in [0, 0.1) is 11.8 Å². The topological polar surface area (TPSA) is 21.1 Å². The van der Waals surface area contributed by atoms with Crippen molar-refractivity contribution >= 4 is 11.6 Å². The predicted octanol–water partition coefficient (Wildman–Crippen LogP) is 0.883. The van der Waals surface area contributed by atoms with Crippen LogP contribution in [0.5, 0.6) is 0 Å². The number of halogens is 1. The van der Waals surface area contributed by atoms with Gasteiger partial charge in [0.05, 0.1) is 13.1 Å². The maximum Gasteiger partial charge on any atom is 0.137 e. The van der Waals surface area contributed by atoms with E-state index in [1.165, 1.54) is 38.0 Å². The third kappa shape index (κ3) is 3.08. The highest BCUT2D eigenvalue weighted by Crippen LogP contribution is 2.26. The first-order valence-electron chi connectivity index (χ1n) is 7.79. The van der Waals surface area contributed by atoms with Gasteiger partial charge in [0.25, 0.3) is 0 Å². The van der Waals surface area contributed by atoms with Crippen LogP contribution in [-0.2, 0) is 6.54 Å². The van der Waals surface area contributed by atoms with Gasteiger partial charge in [-0.05, 0) is 18.1 Å². The zero-order valence-corrected chi connectivity index (χ0v) is 12.8. The lowest BCUT2D eigenvalue weighted by Gasteiger charge is -2.45. The number of piperidine rings is 3. The molecular weight excluding hydrogens is 268 g/mol. The zero-order valence-electron chi connectivity index (χ0n) is 12.0. The minimum absolute atomic E-state index is 0.767. The molecule has 2 nitrogen and oxygen atoms in total. The molecule has 3 aliphatic rings. The lowest BCUT2D eigenvalue weighted by Crippen LogP contribution is -3.21. The van der Waals surface area contributed by atoms with E-state index < -0.39 is 0 Å². The largest absolute Gasteiger partial charge is 0.338 e. The van der Waals surface area contributed by atoms with Crippen LogP contribution >= 0.6 is 11.6 Å². The monoisotopic (exact) mass is 292 g/mol. The molecule has 0 aliphatic carbocycles. The van der Waals surface area contributed by atoms with Crippen molar-refractivity contribution in [2.45, 2.75) is 25.4 Å². The Morgan fingerprint density at radius 1 is 1.45 bits per heavy atom. The van der Waals surface area contributed by atoms with E-state index in [4.69, 9.17) is 11.6 Å². The fraction of sp³-hybridized carbons (Fsp3) is 0.529. The van der Waals surface area contributed by atoms with Gasteiger partial charge in [-0.3, -0.25) is 0 Å². The Labute approximate surface area is 126 Å². The fourth-order valence-electron chi connectivity index (χ4n) is 4.01. The van der Waals surface area contributed by atoms with Crippen LogP contribution in [-0.4, -0.2) is 25.7 Å². The van der Waals surface area contributed by atoms with Crippen LogP contribution in [0.4, 0.5) is 0 Å². The van der Waals surface area contributed by atoms with Crippen molar-refractivity contribution in [3.05, 3.63) is 47.5 Å². The SMILES string of the molecule is C=C[C@H]1C[NH+]2CC[C@H]1C[C@@H]2C[NH2+]Cc1cccc(Cl)c1. The Morgan fingerprint density at radius 3 is 3.05 bits per heavy atom. The normalized spacial score (nSPS) is 32.2. The van der Waals surface area contributed by atoms with E-state index in [0.717, 1.165) is 29.4 Å². The van der Waals surface area contributed by atoms with Crippen molar-refractivity contribution in [2.24, 2.45) is 11.8 Å². The Kier molecular flexibility index (Phi) is 4.45. The number of quaternary nitrogens is 2. The maximum absolute atomic E-state index is 6.03. The second kappa shape index (κ2) is 6.30. The lowest BCUT2D eigenvalue weighted by molar-refractivity contribution is -0.958. The number of nitrogens with one attached hydrogen (secondary N) is 1. The smallest absolute Gasteiger partial charge is 0.137 e. The highest BCUT2D eigenvalue weighted by Gasteiger charge is 2.42. The number of fused-ring (bicyclic) bond motifs is 3. The van der Waals surface area contributed by atoms with E-state index in [1.54, 1.807) is 4.90 Å². The third-order valence-corrected chi connectivity index (χ3v) is 5.36. The third-order valence-electron chi connectivity index (χ3n) is 5.13. The maximum atomic E-state index is 6.03. The van der Waals surface area contributed by atoms with Gasteiger partial charge in [-0.1, -0.05) is 29.8 Å². The van der Waals surface area contributed by atoms with E-state index in [2.05, 4.69) is 30.1 Å². The molecule has 1 aromatic carbocycles. The summed E-state index contributed by atoms with van der Waals surface area (Å²) in [5, 5.41) is 3.29. The number of hydrogen-bond acceptors (Lipinski definition) is 0. The van der Waals surface area contributed by atoms with Crippen molar-refractivity contribution in [2.75, 3.05) is 19.6 Å². The van der Waals surface area contributed by atoms with Crippen molar-refractivity contribution < 1.29 is 10.2 Å². The lowest BCUT2D eigenvalue weighted by atomic mass is 9.75.